The highest BCUT2D eigenvalue weighted by Gasteiger charge is 2.55. The molecule has 3 rings (SSSR count). The highest BCUT2D eigenvalue weighted by Crippen LogP contribution is 2.49. The Balaban J connectivity index is 2.14. The van der Waals surface area contributed by atoms with Crippen LogP contribution >= 0.6 is 0 Å². The Kier molecular flexibility index (Phi) is 6.13. The number of hydrogen-bond acceptors (Lipinski definition) is 4. The van der Waals surface area contributed by atoms with Crippen LogP contribution < -0.4 is 0 Å². The molecule has 0 spiro atoms. The molecule has 2 aromatic carbocycles. The summed E-state index contributed by atoms with van der Waals surface area (Å²) < 4.78 is 11.5. The van der Waals surface area contributed by atoms with Gasteiger partial charge in [-0.3, -0.25) is 9.59 Å². The zero-order valence-corrected chi connectivity index (χ0v) is 19.5. The standard InChI is InChI=1S/C27H32O4/c1-17(15-20-11-9-8-10-12-20)21-13-14-22-23(16-21)27(6,7)25(31-19(3)29)24(26(22,4)5)30-18(2)28/h8-16,24-25H,1-7H3/b17-15+. The molecule has 4 heteroatoms. The maximum Gasteiger partial charge on any atom is 0.303 e. The molecule has 0 fully saturated rings. The molecule has 31 heavy (non-hydrogen) atoms. The quantitative estimate of drug-likeness (QED) is 0.472. The summed E-state index contributed by atoms with van der Waals surface area (Å²) in [5.74, 6) is -0.765. The number of carbonyl (C=O) groups is 2. The first-order valence-corrected chi connectivity index (χ1v) is 10.7. The van der Waals surface area contributed by atoms with Gasteiger partial charge in [0.05, 0.1) is 0 Å². The molecule has 2 unspecified atom stereocenters. The highest BCUT2D eigenvalue weighted by molar-refractivity contribution is 5.81. The van der Waals surface area contributed by atoms with E-state index in [0.717, 1.165) is 27.8 Å². The molecule has 0 aromatic heterocycles. The fourth-order valence-electron chi connectivity index (χ4n) is 4.61. The van der Waals surface area contributed by atoms with Crippen molar-refractivity contribution >= 4 is 23.6 Å². The Labute approximate surface area is 185 Å². The maximum atomic E-state index is 12.0. The first-order valence-electron chi connectivity index (χ1n) is 10.7. The van der Waals surface area contributed by atoms with E-state index in [4.69, 9.17) is 9.47 Å². The largest absolute Gasteiger partial charge is 0.458 e. The predicted molar refractivity (Wildman–Crippen MR) is 124 cm³/mol. The molecule has 4 nitrogen and oxygen atoms in total. The van der Waals surface area contributed by atoms with Crippen LogP contribution in [-0.2, 0) is 29.9 Å². The number of ether oxygens (including phenoxy) is 2. The van der Waals surface area contributed by atoms with Crippen molar-refractivity contribution in [3.63, 3.8) is 0 Å². The van der Waals surface area contributed by atoms with E-state index in [1.165, 1.54) is 13.8 Å². The van der Waals surface area contributed by atoms with E-state index in [1.807, 2.05) is 45.9 Å². The van der Waals surface area contributed by atoms with Crippen molar-refractivity contribution in [3.8, 4) is 0 Å². The molecule has 1 aliphatic carbocycles. The Bertz CT molecular complexity index is 1010. The minimum atomic E-state index is -0.593. The van der Waals surface area contributed by atoms with Gasteiger partial charge in [-0.15, -0.1) is 0 Å². The van der Waals surface area contributed by atoms with Crippen molar-refractivity contribution in [2.24, 2.45) is 0 Å². The molecule has 0 saturated carbocycles. The molecule has 0 bridgehead atoms. The molecule has 0 amide bonds. The van der Waals surface area contributed by atoms with Gasteiger partial charge < -0.3 is 9.47 Å². The third-order valence-electron chi connectivity index (χ3n) is 6.33. The summed E-state index contributed by atoms with van der Waals surface area (Å²) in [6, 6.07) is 16.6. The van der Waals surface area contributed by atoms with E-state index in [-0.39, 0.29) is 11.9 Å². The van der Waals surface area contributed by atoms with Crippen molar-refractivity contribution in [1.82, 2.24) is 0 Å². The Morgan fingerprint density at radius 2 is 1.29 bits per heavy atom. The van der Waals surface area contributed by atoms with Crippen LogP contribution in [0.5, 0.6) is 0 Å². The number of benzene rings is 2. The summed E-state index contributed by atoms with van der Waals surface area (Å²) in [5, 5.41) is 0. The fourth-order valence-corrected chi connectivity index (χ4v) is 4.61. The number of esters is 2. The summed E-state index contributed by atoms with van der Waals surface area (Å²) in [5.41, 5.74) is 4.54. The van der Waals surface area contributed by atoms with E-state index in [2.05, 4.69) is 43.3 Å². The van der Waals surface area contributed by atoms with Crippen molar-refractivity contribution in [2.45, 2.75) is 71.5 Å². The van der Waals surface area contributed by atoms with Gasteiger partial charge >= 0.3 is 11.9 Å². The first kappa shape index (κ1) is 22.8. The third kappa shape index (κ3) is 4.43. The van der Waals surface area contributed by atoms with Gasteiger partial charge in [0.1, 0.15) is 12.2 Å². The summed E-state index contributed by atoms with van der Waals surface area (Å²) in [6.45, 7) is 13.1. The van der Waals surface area contributed by atoms with Crippen LogP contribution in [-0.4, -0.2) is 24.1 Å². The fraction of sp³-hybridized carbons (Fsp3) is 0.407. The highest BCUT2D eigenvalue weighted by atomic mass is 16.6. The van der Waals surface area contributed by atoms with Gasteiger partial charge in [0.15, 0.2) is 0 Å². The van der Waals surface area contributed by atoms with Crippen LogP contribution in [0.25, 0.3) is 11.6 Å². The molecule has 0 aliphatic heterocycles. The Hall–Kier alpha value is -2.88. The van der Waals surface area contributed by atoms with Crippen LogP contribution in [0.3, 0.4) is 0 Å². The minimum Gasteiger partial charge on any atom is -0.458 e. The van der Waals surface area contributed by atoms with Crippen LogP contribution in [0.2, 0.25) is 0 Å². The number of rotatable bonds is 4. The first-order chi connectivity index (χ1) is 14.4. The summed E-state index contributed by atoms with van der Waals surface area (Å²) in [6.07, 6.45) is 0.988. The molecule has 2 atom stereocenters. The second kappa shape index (κ2) is 8.33. The lowest BCUT2D eigenvalue weighted by atomic mass is 9.59. The van der Waals surface area contributed by atoms with Gasteiger partial charge in [-0.2, -0.15) is 0 Å². The van der Waals surface area contributed by atoms with Gasteiger partial charge in [0.2, 0.25) is 0 Å². The summed E-state index contributed by atoms with van der Waals surface area (Å²) in [4.78, 5) is 23.9. The average molecular weight is 421 g/mol. The lowest BCUT2D eigenvalue weighted by Gasteiger charge is -2.51. The number of hydrogen-bond donors (Lipinski definition) is 0. The molecule has 0 saturated heterocycles. The van der Waals surface area contributed by atoms with Crippen molar-refractivity contribution < 1.29 is 19.1 Å². The number of carbonyl (C=O) groups excluding carboxylic acids is 2. The van der Waals surface area contributed by atoms with Gasteiger partial charge in [-0.25, -0.2) is 0 Å². The predicted octanol–water partition coefficient (Wildman–Crippen LogP) is 5.68. The van der Waals surface area contributed by atoms with Gasteiger partial charge in [0.25, 0.3) is 0 Å². The molecule has 1 aliphatic rings. The molecule has 0 N–H and O–H groups in total. The molecule has 2 aromatic rings. The lowest BCUT2D eigenvalue weighted by molar-refractivity contribution is -0.179. The number of allylic oxidation sites excluding steroid dienone is 1. The third-order valence-corrected chi connectivity index (χ3v) is 6.33. The van der Waals surface area contributed by atoms with Gasteiger partial charge in [-0.1, -0.05) is 82.3 Å². The Morgan fingerprint density at radius 3 is 1.81 bits per heavy atom. The summed E-state index contributed by atoms with van der Waals surface area (Å²) >= 11 is 0. The SMILES string of the molecule is CC(=O)OC1C(OC(C)=O)C(C)(C)c2cc(/C(C)=C/c3ccccc3)ccc2C1(C)C. The molecular weight excluding hydrogens is 388 g/mol. The minimum absolute atomic E-state index is 0.382. The van der Waals surface area contributed by atoms with E-state index < -0.39 is 23.0 Å². The topological polar surface area (TPSA) is 52.6 Å². The lowest BCUT2D eigenvalue weighted by Crippen LogP contribution is -2.59. The maximum absolute atomic E-state index is 12.0. The van der Waals surface area contributed by atoms with E-state index in [9.17, 15) is 9.59 Å². The average Bonchev–Trinajstić information content (AvgIpc) is 2.69. The molecule has 0 heterocycles. The zero-order chi connectivity index (χ0) is 23.0. The number of fused-ring (bicyclic) bond motifs is 1. The molecular formula is C27H32O4. The molecule has 0 radical (unpaired) electrons. The van der Waals surface area contributed by atoms with Crippen molar-refractivity contribution in [2.75, 3.05) is 0 Å². The van der Waals surface area contributed by atoms with Crippen LogP contribution in [0.1, 0.15) is 70.7 Å². The second-order valence-corrected chi connectivity index (χ2v) is 9.50. The van der Waals surface area contributed by atoms with E-state index in [1.54, 1.807) is 0 Å². The van der Waals surface area contributed by atoms with E-state index in [0.29, 0.717) is 0 Å². The van der Waals surface area contributed by atoms with Crippen LogP contribution in [0.15, 0.2) is 48.5 Å². The van der Waals surface area contributed by atoms with E-state index >= 15 is 0 Å². The zero-order valence-electron chi connectivity index (χ0n) is 19.5. The normalized spacial score (nSPS) is 21.7. The smallest absolute Gasteiger partial charge is 0.303 e. The monoisotopic (exact) mass is 420 g/mol. The van der Waals surface area contributed by atoms with Gasteiger partial charge in [-0.05, 0) is 34.8 Å². The van der Waals surface area contributed by atoms with Crippen molar-refractivity contribution in [3.05, 3.63) is 70.8 Å². The molecule has 164 valence electrons. The Morgan fingerprint density at radius 1 is 0.774 bits per heavy atom. The van der Waals surface area contributed by atoms with Crippen LogP contribution in [0.4, 0.5) is 0 Å². The second-order valence-electron chi connectivity index (χ2n) is 9.50. The van der Waals surface area contributed by atoms with Gasteiger partial charge in [0, 0.05) is 24.7 Å². The van der Waals surface area contributed by atoms with Crippen molar-refractivity contribution in [1.29, 1.82) is 0 Å². The summed E-state index contributed by atoms with van der Waals surface area (Å²) in [7, 11) is 0. The van der Waals surface area contributed by atoms with Crippen LogP contribution in [0, 0.1) is 0 Å².